The van der Waals surface area contributed by atoms with Crippen molar-refractivity contribution >= 4 is 0 Å². The van der Waals surface area contributed by atoms with Crippen molar-refractivity contribution in [2.75, 3.05) is 32.8 Å². The molecule has 1 saturated carbocycles. The minimum atomic E-state index is 0.265. The van der Waals surface area contributed by atoms with Crippen LogP contribution in [0.5, 0.6) is 0 Å². The van der Waals surface area contributed by atoms with Crippen LogP contribution in [0.15, 0.2) is 0 Å². The third-order valence-electron chi connectivity index (χ3n) is 7.08. The summed E-state index contributed by atoms with van der Waals surface area (Å²) in [5, 5.41) is 2.42. The third-order valence-corrected chi connectivity index (χ3v) is 7.08. The van der Waals surface area contributed by atoms with Gasteiger partial charge in [-0.25, -0.2) is 10.4 Å². The minimum absolute atomic E-state index is 0.265. The van der Waals surface area contributed by atoms with E-state index in [2.05, 4.69) is 15.3 Å². The molecule has 1 N–H and O–H groups in total. The lowest BCUT2D eigenvalue weighted by molar-refractivity contribution is -0.0560. The molecule has 3 heterocycles. The first-order valence-electron chi connectivity index (χ1n) is 11.9. The molecule has 0 spiro atoms. The number of hydrogen-bond donors (Lipinski definition) is 1. The first-order chi connectivity index (χ1) is 13.4. The Morgan fingerprint density at radius 1 is 0.778 bits per heavy atom. The minimum Gasteiger partial charge on any atom is -0.375 e. The highest BCUT2D eigenvalue weighted by Crippen LogP contribution is 2.26. The van der Waals surface area contributed by atoms with Crippen molar-refractivity contribution in [2.24, 2.45) is 0 Å². The lowest BCUT2D eigenvalue weighted by Gasteiger charge is -2.35. The Balaban J connectivity index is 1.02. The van der Waals surface area contributed by atoms with Crippen LogP contribution in [0.2, 0.25) is 0 Å². The summed E-state index contributed by atoms with van der Waals surface area (Å²) >= 11 is 0. The topological polar surface area (TPSA) is 37.0 Å². The van der Waals surface area contributed by atoms with Gasteiger partial charge in [-0.1, -0.05) is 25.7 Å². The van der Waals surface area contributed by atoms with Gasteiger partial charge in [-0.3, -0.25) is 0 Å². The number of nitrogens with zero attached hydrogens (tertiary/aromatic N) is 2. The van der Waals surface area contributed by atoms with Gasteiger partial charge in [0.05, 0.1) is 12.2 Å². The molecule has 3 aliphatic heterocycles. The van der Waals surface area contributed by atoms with E-state index in [0.717, 1.165) is 12.6 Å². The first-order valence-corrected chi connectivity index (χ1v) is 11.9. The molecule has 0 aromatic carbocycles. The molecule has 4 fully saturated rings. The molecule has 0 aromatic rings. The fourth-order valence-corrected chi connectivity index (χ4v) is 5.41. The quantitative estimate of drug-likeness (QED) is 0.651. The fraction of sp³-hybridized carbons (Fsp3) is 1.00. The van der Waals surface area contributed by atoms with Crippen molar-refractivity contribution in [2.45, 2.75) is 108 Å². The lowest BCUT2D eigenvalue weighted by atomic mass is 9.97. The summed E-state index contributed by atoms with van der Waals surface area (Å²) in [7, 11) is 0. The van der Waals surface area contributed by atoms with E-state index in [-0.39, 0.29) is 6.23 Å². The van der Waals surface area contributed by atoms with Crippen LogP contribution in [-0.2, 0) is 9.47 Å². The summed E-state index contributed by atoms with van der Waals surface area (Å²) in [5.41, 5.74) is 3.56. The average molecular weight is 380 g/mol. The third kappa shape index (κ3) is 6.14. The van der Waals surface area contributed by atoms with Crippen LogP contribution in [0.25, 0.3) is 0 Å². The molecule has 0 aromatic heterocycles. The lowest BCUT2D eigenvalue weighted by Crippen LogP contribution is -2.42. The van der Waals surface area contributed by atoms with Gasteiger partial charge in [0.15, 0.2) is 0 Å². The molecule has 5 heteroatoms. The van der Waals surface area contributed by atoms with E-state index in [9.17, 15) is 0 Å². The zero-order valence-corrected chi connectivity index (χ0v) is 17.2. The highest BCUT2D eigenvalue weighted by Gasteiger charge is 2.33. The molecule has 5 nitrogen and oxygen atoms in total. The first kappa shape index (κ1) is 20.1. The van der Waals surface area contributed by atoms with E-state index < -0.39 is 0 Å². The number of piperidine rings is 2. The van der Waals surface area contributed by atoms with E-state index in [1.807, 2.05) is 0 Å². The van der Waals surface area contributed by atoms with Crippen LogP contribution in [0.3, 0.4) is 0 Å². The van der Waals surface area contributed by atoms with Crippen molar-refractivity contribution in [3.8, 4) is 0 Å². The molecule has 4 aliphatic rings. The van der Waals surface area contributed by atoms with Crippen LogP contribution in [-0.4, -0.2) is 67.2 Å². The SMILES string of the molecule is C1CCC(OC2CCN(CCCCOC3CC4CCCCN4N3)CC2)CC1. The molecule has 156 valence electrons. The van der Waals surface area contributed by atoms with Gasteiger partial charge in [-0.15, -0.1) is 0 Å². The zero-order chi connectivity index (χ0) is 18.3. The fourth-order valence-electron chi connectivity index (χ4n) is 5.41. The number of hydrogen-bond acceptors (Lipinski definition) is 5. The van der Waals surface area contributed by atoms with E-state index in [1.165, 1.54) is 110 Å². The van der Waals surface area contributed by atoms with Gasteiger partial charge in [0, 0.05) is 38.7 Å². The number of rotatable bonds is 8. The van der Waals surface area contributed by atoms with Gasteiger partial charge in [0.2, 0.25) is 0 Å². The Labute approximate surface area is 166 Å². The van der Waals surface area contributed by atoms with E-state index in [1.54, 1.807) is 0 Å². The molecule has 4 rings (SSSR count). The number of unbranched alkanes of at least 4 members (excludes halogenated alkanes) is 1. The Morgan fingerprint density at radius 3 is 2.37 bits per heavy atom. The van der Waals surface area contributed by atoms with Crippen molar-refractivity contribution in [1.82, 2.24) is 15.3 Å². The van der Waals surface area contributed by atoms with Crippen molar-refractivity contribution < 1.29 is 9.47 Å². The second-order valence-electron chi connectivity index (χ2n) is 9.21. The monoisotopic (exact) mass is 379 g/mol. The maximum atomic E-state index is 6.36. The van der Waals surface area contributed by atoms with Gasteiger partial charge >= 0.3 is 0 Å². The average Bonchev–Trinajstić information content (AvgIpc) is 3.13. The van der Waals surface area contributed by atoms with Gasteiger partial charge in [0.1, 0.15) is 6.23 Å². The molecule has 0 radical (unpaired) electrons. The smallest absolute Gasteiger partial charge is 0.122 e. The highest BCUT2D eigenvalue weighted by atomic mass is 16.5. The molecule has 0 amide bonds. The number of nitrogens with one attached hydrogen (secondary N) is 1. The van der Waals surface area contributed by atoms with Crippen molar-refractivity contribution in [3.63, 3.8) is 0 Å². The van der Waals surface area contributed by atoms with Gasteiger partial charge < -0.3 is 14.4 Å². The molecule has 1 aliphatic carbocycles. The number of fused-ring (bicyclic) bond motifs is 1. The van der Waals surface area contributed by atoms with Gasteiger partial charge in [-0.2, -0.15) is 0 Å². The van der Waals surface area contributed by atoms with Crippen LogP contribution in [0.1, 0.15) is 83.5 Å². The van der Waals surface area contributed by atoms with Crippen LogP contribution in [0, 0.1) is 0 Å². The van der Waals surface area contributed by atoms with Crippen LogP contribution < -0.4 is 5.43 Å². The normalized spacial score (nSPS) is 32.0. The Morgan fingerprint density at radius 2 is 1.56 bits per heavy atom. The van der Waals surface area contributed by atoms with E-state index in [0.29, 0.717) is 12.2 Å². The number of hydrazine groups is 1. The van der Waals surface area contributed by atoms with Crippen molar-refractivity contribution in [3.05, 3.63) is 0 Å². The molecule has 2 atom stereocenters. The standard InChI is InChI=1S/C22H41N3O2/c1-2-9-20(10-3-1)27-21-11-15-24(16-12-21)13-6-7-17-26-22-18-19-8-4-5-14-25(19)23-22/h19-23H,1-18H2. The summed E-state index contributed by atoms with van der Waals surface area (Å²) in [6.07, 6.45) is 18.3. The Hall–Kier alpha value is -0.200. The maximum Gasteiger partial charge on any atom is 0.122 e. The molecular weight excluding hydrogens is 338 g/mol. The van der Waals surface area contributed by atoms with Crippen LogP contribution in [0.4, 0.5) is 0 Å². The van der Waals surface area contributed by atoms with Crippen molar-refractivity contribution in [1.29, 1.82) is 0 Å². The number of likely N-dealkylation sites (tertiary alicyclic amines) is 1. The summed E-state index contributed by atoms with van der Waals surface area (Å²) < 4.78 is 12.5. The second-order valence-corrected chi connectivity index (χ2v) is 9.21. The van der Waals surface area contributed by atoms with Crippen LogP contribution >= 0.6 is 0 Å². The number of ether oxygens (including phenoxy) is 2. The van der Waals surface area contributed by atoms with E-state index >= 15 is 0 Å². The largest absolute Gasteiger partial charge is 0.375 e. The molecule has 0 bridgehead atoms. The van der Waals surface area contributed by atoms with Gasteiger partial charge in [0.25, 0.3) is 0 Å². The molecule has 27 heavy (non-hydrogen) atoms. The maximum absolute atomic E-state index is 6.36. The summed E-state index contributed by atoms with van der Waals surface area (Å²) in [5.74, 6) is 0. The Bertz CT molecular complexity index is 408. The second kappa shape index (κ2) is 10.5. The predicted molar refractivity (Wildman–Crippen MR) is 108 cm³/mol. The summed E-state index contributed by atoms with van der Waals surface area (Å²) in [6.45, 7) is 5.77. The zero-order valence-electron chi connectivity index (χ0n) is 17.2. The van der Waals surface area contributed by atoms with Gasteiger partial charge in [-0.05, 0) is 57.9 Å². The Kier molecular flexibility index (Phi) is 7.84. The predicted octanol–water partition coefficient (Wildman–Crippen LogP) is 3.69. The van der Waals surface area contributed by atoms with E-state index in [4.69, 9.17) is 9.47 Å². The molecule has 3 saturated heterocycles. The highest BCUT2D eigenvalue weighted by molar-refractivity contribution is 4.83. The molecular formula is C22H41N3O2. The summed E-state index contributed by atoms with van der Waals surface area (Å²) in [6, 6.07) is 0.723. The molecule has 2 unspecified atom stereocenters. The summed E-state index contributed by atoms with van der Waals surface area (Å²) in [4.78, 5) is 2.63.